The number of aliphatic carboxylic acids is 3. The number of aliphatic hydroxyl groups is 7. The number of aliphatic hydroxyl groups excluding tert-OH is 7. The highest BCUT2D eigenvalue weighted by molar-refractivity contribution is 5.74. The first-order valence-electron chi connectivity index (χ1n) is 16.3. The van der Waals surface area contributed by atoms with Gasteiger partial charge >= 0.3 is 17.9 Å². The van der Waals surface area contributed by atoms with Crippen molar-refractivity contribution in [3.8, 4) is 0 Å². The van der Waals surface area contributed by atoms with Gasteiger partial charge in [0.05, 0.1) is 13.2 Å². The van der Waals surface area contributed by atoms with Gasteiger partial charge in [-0.1, -0.05) is 19.3 Å². The van der Waals surface area contributed by atoms with E-state index in [-0.39, 0.29) is 12.9 Å². The Kier molecular flexibility index (Phi) is 15.0. The molecule has 21 heteroatoms. The molecule has 0 saturated carbocycles. The van der Waals surface area contributed by atoms with E-state index in [1.54, 1.807) is 0 Å². The third kappa shape index (κ3) is 9.81. The molecule has 15 atom stereocenters. The van der Waals surface area contributed by atoms with Crippen molar-refractivity contribution in [1.82, 2.24) is 0 Å². The molecule has 50 heavy (non-hydrogen) atoms. The van der Waals surface area contributed by atoms with Gasteiger partial charge in [-0.2, -0.15) is 0 Å². The number of rotatable bonds is 16. The zero-order chi connectivity index (χ0) is 36.7. The van der Waals surface area contributed by atoms with Gasteiger partial charge in [0.1, 0.15) is 54.9 Å². The van der Waals surface area contributed by atoms with E-state index in [0.29, 0.717) is 19.6 Å². The van der Waals surface area contributed by atoms with Crippen LogP contribution < -0.4 is 0 Å². The van der Waals surface area contributed by atoms with Gasteiger partial charge in [-0.15, -0.1) is 0 Å². The Bertz CT molecular complexity index is 1100. The fourth-order valence-electron chi connectivity index (χ4n) is 5.95. The largest absolute Gasteiger partial charge is 0.479 e. The number of hydrogen-bond donors (Lipinski definition) is 10. The zero-order valence-corrected chi connectivity index (χ0v) is 26.8. The summed E-state index contributed by atoms with van der Waals surface area (Å²) in [7, 11) is 0. The zero-order valence-electron chi connectivity index (χ0n) is 26.8. The van der Waals surface area contributed by atoms with Crippen molar-refractivity contribution in [3.05, 3.63) is 0 Å². The summed E-state index contributed by atoms with van der Waals surface area (Å²) in [6.07, 6.45) is -26.0. The van der Waals surface area contributed by atoms with Crippen LogP contribution in [0.3, 0.4) is 0 Å². The fraction of sp³-hybridized carbons (Fsp3) is 0.897. The van der Waals surface area contributed by atoms with E-state index in [1.807, 2.05) is 0 Å². The third-order valence-electron chi connectivity index (χ3n) is 8.73. The summed E-state index contributed by atoms with van der Waals surface area (Å²) in [5.74, 6) is -5.33. The monoisotopic (exact) mass is 730 g/mol. The number of carboxylic acid groups (broad SMARTS) is 3. The van der Waals surface area contributed by atoms with Crippen molar-refractivity contribution in [2.75, 3.05) is 19.8 Å². The van der Waals surface area contributed by atoms with Gasteiger partial charge in [0, 0.05) is 6.61 Å². The third-order valence-corrected chi connectivity index (χ3v) is 8.73. The molecule has 4 fully saturated rings. The first-order valence-corrected chi connectivity index (χ1v) is 16.3. The lowest BCUT2D eigenvalue weighted by Crippen LogP contribution is -2.67. The average molecular weight is 731 g/mol. The smallest absolute Gasteiger partial charge is 0.335 e. The highest BCUT2D eigenvalue weighted by atomic mass is 16.8. The maximum absolute atomic E-state index is 12.1. The first-order chi connectivity index (χ1) is 23.7. The summed E-state index contributed by atoms with van der Waals surface area (Å²) < 4.78 is 42.7. The standard InChI is InChI=1S/C29H46O21/c30-12-13(31)21(24(37)38)48-28(16(12)34)46-20-15(33)18(36)29(50-23(20)26(41)42)47-19-14(32)17(35)27(49-22(19)25(39)40)45-8-5-3-1-2-4-7-11-43-9-6-10-44-11/h11-23,27-36H,1-10H2,(H,37,38)(H,39,40)(H,41,42)/t12-,13+,14+,15+,16+,17+,18+,19+,20+,21-,22-,23-,27-,28-,29-/m0/s1. The van der Waals surface area contributed by atoms with Gasteiger partial charge in [-0.05, 0) is 25.7 Å². The van der Waals surface area contributed by atoms with Crippen LogP contribution in [0.25, 0.3) is 0 Å². The van der Waals surface area contributed by atoms with Gasteiger partial charge in [-0.25, -0.2) is 14.4 Å². The van der Waals surface area contributed by atoms with E-state index in [1.165, 1.54) is 0 Å². The Balaban J connectivity index is 1.31. The Morgan fingerprint density at radius 1 is 0.520 bits per heavy atom. The minimum Gasteiger partial charge on any atom is -0.479 e. The van der Waals surface area contributed by atoms with Gasteiger partial charge < -0.3 is 89.0 Å². The van der Waals surface area contributed by atoms with Crippen molar-refractivity contribution >= 4 is 17.9 Å². The molecule has 0 radical (unpaired) electrons. The fourth-order valence-corrected chi connectivity index (χ4v) is 5.95. The Morgan fingerprint density at radius 2 is 0.960 bits per heavy atom. The number of ether oxygens (including phenoxy) is 8. The van der Waals surface area contributed by atoms with Crippen LogP contribution in [-0.4, -0.2) is 187 Å². The van der Waals surface area contributed by atoms with Crippen molar-refractivity contribution in [2.45, 2.75) is 143 Å². The van der Waals surface area contributed by atoms with Crippen molar-refractivity contribution in [3.63, 3.8) is 0 Å². The maximum atomic E-state index is 12.1. The van der Waals surface area contributed by atoms with Crippen LogP contribution in [0.15, 0.2) is 0 Å². The normalized spacial score (nSPS) is 41.5. The molecule has 4 heterocycles. The molecule has 0 aromatic heterocycles. The van der Waals surface area contributed by atoms with Crippen LogP contribution in [0.4, 0.5) is 0 Å². The van der Waals surface area contributed by atoms with Crippen LogP contribution in [-0.2, 0) is 52.3 Å². The molecule has 4 aliphatic rings. The Hall–Kier alpha value is -2.19. The first kappa shape index (κ1) is 40.6. The predicted molar refractivity (Wildman–Crippen MR) is 155 cm³/mol. The SMILES string of the molecule is O=C(O)[C@H]1O[C@H](O[C@@H]2[C@H](O)[C@@H](O)[C@@H](O[C@@H]3[C@H](O)[C@@H](O)[C@@H](OCCCCCCCC4OCCCO4)O[C@@H]3C(=O)O)O[C@@H]2C(=O)O)[C@H](O)[C@@H](O)[C@H]1O. The highest BCUT2D eigenvalue weighted by Gasteiger charge is 2.56. The Morgan fingerprint density at radius 3 is 1.50 bits per heavy atom. The van der Waals surface area contributed by atoms with Crippen LogP contribution in [0.5, 0.6) is 0 Å². The summed E-state index contributed by atoms with van der Waals surface area (Å²) in [6.45, 7) is 1.41. The summed E-state index contributed by atoms with van der Waals surface area (Å²) >= 11 is 0. The topological polar surface area (TPSA) is 327 Å². The minimum atomic E-state index is -2.28. The van der Waals surface area contributed by atoms with Crippen LogP contribution in [0.1, 0.15) is 44.9 Å². The van der Waals surface area contributed by atoms with Gasteiger partial charge in [0.25, 0.3) is 0 Å². The van der Waals surface area contributed by atoms with Crippen LogP contribution in [0, 0.1) is 0 Å². The number of carbonyl (C=O) groups is 3. The lowest BCUT2D eigenvalue weighted by molar-refractivity contribution is -0.370. The van der Waals surface area contributed by atoms with Crippen molar-refractivity contribution in [1.29, 1.82) is 0 Å². The molecule has 10 N–H and O–H groups in total. The van der Waals surface area contributed by atoms with Crippen molar-refractivity contribution < 1.29 is 103 Å². The lowest BCUT2D eigenvalue weighted by Gasteiger charge is -2.47. The van der Waals surface area contributed by atoms with Gasteiger partial charge in [0.15, 0.2) is 43.5 Å². The second-order valence-corrected chi connectivity index (χ2v) is 12.4. The van der Waals surface area contributed by atoms with Gasteiger partial charge in [-0.3, -0.25) is 0 Å². The summed E-state index contributed by atoms with van der Waals surface area (Å²) in [6, 6.07) is 0. The molecule has 0 aromatic rings. The molecule has 288 valence electrons. The molecule has 4 aliphatic heterocycles. The lowest BCUT2D eigenvalue weighted by atomic mass is 9.95. The number of hydrogen-bond acceptors (Lipinski definition) is 18. The van der Waals surface area contributed by atoms with E-state index in [4.69, 9.17) is 37.9 Å². The van der Waals surface area contributed by atoms with E-state index >= 15 is 0 Å². The molecule has 0 unspecified atom stereocenters. The predicted octanol–water partition coefficient (Wildman–Crippen LogP) is -4.17. The second kappa shape index (κ2) is 18.5. The minimum absolute atomic E-state index is 0.0437. The summed E-state index contributed by atoms with van der Waals surface area (Å²) in [5, 5.41) is 102. The van der Waals surface area contributed by atoms with Crippen LogP contribution >= 0.6 is 0 Å². The van der Waals surface area contributed by atoms with E-state index in [0.717, 1.165) is 38.5 Å². The molecule has 4 saturated heterocycles. The molecule has 0 bridgehead atoms. The summed E-state index contributed by atoms with van der Waals surface area (Å²) in [5.41, 5.74) is 0. The number of carboxylic acids is 3. The number of unbranched alkanes of at least 4 members (excludes halogenated alkanes) is 4. The molecule has 0 spiro atoms. The molecule has 21 nitrogen and oxygen atoms in total. The molecule has 0 amide bonds. The van der Waals surface area contributed by atoms with Gasteiger partial charge in [0.2, 0.25) is 0 Å². The summed E-state index contributed by atoms with van der Waals surface area (Å²) in [4.78, 5) is 35.6. The van der Waals surface area contributed by atoms with Crippen LogP contribution in [0.2, 0.25) is 0 Å². The molecule has 4 rings (SSSR count). The average Bonchev–Trinajstić information content (AvgIpc) is 3.08. The molecular formula is C29H46O21. The highest BCUT2D eigenvalue weighted by Crippen LogP contribution is 2.33. The van der Waals surface area contributed by atoms with Crippen molar-refractivity contribution in [2.24, 2.45) is 0 Å². The van der Waals surface area contributed by atoms with E-state index < -0.39 is 110 Å². The van der Waals surface area contributed by atoms with E-state index in [9.17, 15) is 65.4 Å². The molecule has 0 aromatic carbocycles. The molecular weight excluding hydrogens is 684 g/mol. The second-order valence-electron chi connectivity index (χ2n) is 12.4. The molecule has 0 aliphatic carbocycles. The maximum Gasteiger partial charge on any atom is 0.335 e. The van der Waals surface area contributed by atoms with E-state index in [2.05, 4.69) is 0 Å². The Labute approximate surface area is 284 Å². The quantitative estimate of drug-likeness (QED) is 0.0673.